The molecule has 0 unspecified atom stereocenters. The van der Waals surface area contributed by atoms with Crippen LogP contribution >= 0.6 is 15.9 Å². The maximum atomic E-state index is 5.62. The van der Waals surface area contributed by atoms with E-state index in [0.29, 0.717) is 0 Å². The Kier molecular flexibility index (Phi) is 2.97. The molecule has 1 aromatic carbocycles. The summed E-state index contributed by atoms with van der Waals surface area (Å²) in [6.45, 7) is 0.771. The van der Waals surface area contributed by atoms with Gasteiger partial charge in [0.05, 0.1) is 0 Å². The van der Waals surface area contributed by atoms with Crippen molar-refractivity contribution >= 4 is 26.8 Å². The number of benzene rings is 1. The van der Waals surface area contributed by atoms with Crippen molar-refractivity contribution in [1.82, 2.24) is 4.57 Å². The van der Waals surface area contributed by atoms with Crippen LogP contribution in [0.15, 0.2) is 28.7 Å². The molecular formula is C14H17BrN2. The largest absolute Gasteiger partial charge is 0.342 e. The monoisotopic (exact) mass is 292 g/mol. The van der Waals surface area contributed by atoms with Gasteiger partial charge >= 0.3 is 0 Å². The minimum Gasteiger partial charge on any atom is -0.342 e. The minimum atomic E-state index is 0.731. The number of hydrogen-bond donors (Lipinski definition) is 1. The lowest BCUT2D eigenvalue weighted by Gasteiger charge is -2.08. The highest BCUT2D eigenvalue weighted by Crippen LogP contribution is 2.41. The second-order valence-electron chi connectivity index (χ2n) is 4.80. The van der Waals surface area contributed by atoms with E-state index in [1.54, 1.807) is 0 Å². The van der Waals surface area contributed by atoms with Crippen LogP contribution in [0, 0.1) is 0 Å². The molecule has 90 valence electrons. The van der Waals surface area contributed by atoms with E-state index < -0.39 is 0 Å². The molecule has 0 aliphatic heterocycles. The van der Waals surface area contributed by atoms with E-state index >= 15 is 0 Å². The zero-order valence-electron chi connectivity index (χ0n) is 9.82. The summed E-state index contributed by atoms with van der Waals surface area (Å²) >= 11 is 3.64. The van der Waals surface area contributed by atoms with Gasteiger partial charge in [0.25, 0.3) is 0 Å². The Morgan fingerprint density at radius 2 is 2.18 bits per heavy atom. The minimum absolute atomic E-state index is 0.731. The third-order valence-corrected chi connectivity index (χ3v) is 4.15. The maximum absolute atomic E-state index is 5.62. The second-order valence-corrected chi connectivity index (χ2v) is 5.66. The third kappa shape index (κ3) is 2.02. The fourth-order valence-corrected chi connectivity index (χ4v) is 2.98. The molecule has 0 atom stereocenters. The predicted octanol–water partition coefficient (Wildman–Crippen LogP) is 3.63. The lowest BCUT2D eigenvalue weighted by molar-refractivity contribution is 0.694. The first-order chi connectivity index (χ1) is 8.31. The Hall–Kier alpha value is -0.800. The predicted molar refractivity (Wildman–Crippen MR) is 75.3 cm³/mol. The van der Waals surface area contributed by atoms with Crippen molar-refractivity contribution in [1.29, 1.82) is 0 Å². The van der Waals surface area contributed by atoms with Gasteiger partial charge in [0.15, 0.2) is 0 Å². The molecule has 0 radical (unpaired) electrons. The van der Waals surface area contributed by atoms with Gasteiger partial charge < -0.3 is 10.3 Å². The van der Waals surface area contributed by atoms with E-state index in [0.717, 1.165) is 25.4 Å². The highest BCUT2D eigenvalue weighted by atomic mass is 79.9. The number of rotatable bonds is 4. The van der Waals surface area contributed by atoms with Gasteiger partial charge in [-0.1, -0.05) is 22.0 Å². The highest BCUT2D eigenvalue weighted by molar-refractivity contribution is 9.10. The molecule has 1 fully saturated rings. The van der Waals surface area contributed by atoms with Crippen LogP contribution in [0.25, 0.3) is 10.9 Å². The van der Waals surface area contributed by atoms with E-state index in [9.17, 15) is 0 Å². The van der Waals surface area contributed by atoms with Crippen LogP contribution in [0.4, 0.5) is 0 Å². The van der Waals surface area contributed by atoms with Crippen molar-refractivity contribution in [2.24, 2.45) is 5.73 Å². The van der Waals surface area contributed by atoms with Crippen molar-refractivity contribution in [3.8, 4) is 0 Å². The molecule has 1 aliphatic rings. The topological polar surface area (TPSA) is 30.9 Å². The molecule has 1 heterocycles. The molecular weight excluding hydrogens is 276 g/mol. The summed E-state index contributed by atoms with van der Waals surface area (Å²) in [5, 5.41) is 1.34. The lowest BCUT2D eigenvalue weighted by atomic mass is 10.2. The van der Waals surface area contributed by atoms with Crippen LogP contribution in [0.2, 0.25) is 0 Å². The number of nitrogens with zero attached hydrogens (tertiary/aromatic N) is 1. The average molecular weight is 293 g/mol. The third-order valence-electron chi connectivity index (χ3n) is 3.46. The van der Waals surface area contributed by atoms with Crippen molar-refractivity contribution in [3.63, 3.8) is 0 Å². The van der Waals surface area contributed by atoms with Gasteiger partial charge in [-0.05, 0) is 50.4 Å². The van der Waals surface area contributed by atoms with Gasteiger partial charge in [-0.15, -0.1) is 0 Å². The fraction of sp³-hybridized carbons (Fsp3) is 0.429. The SMILES string of the molecule is NCCCc1cc2c(Br)cccc2n1C1CC1. The highest BCUT2D eigenvalue weighted by Gasteiger charge is 2.27. The van der Waals surface area contributed by atoms with Gasteiger partial charge in [-0.2, -0.15) is 0 Å². The first kappa shape index (κ1) is 11.3. The number of hydrogen-bond acceptors (Lipinski definition) is 1. The van der Waals surface area contributed by atoms with E-state index in [-0.39, 0.29) is 0 Å². The Morgan fingerprint density at radius 3 is 2.88 bits per heavy atom. The average Bonchev–Trinajstić information content (AvgIpc) is 3.09. The van der Waals surface area contributed by atoms with Crippen molar-refractivity contribution < 1.29 is 0 Å². The summed E-state index contributed by atoms with van der Waals surface area (Å²) in [5.74, 6) is 0. The quantitative estimate of drug-likeness (QED) is 0.917. The van der Waals surface area contributed by atoms with Crippen LogP contribution < -0.4 is 5.73 Å². The molecule has 3 heteroatoms. The number of fused-ring (bicyclic) bond motifs is 1. The molecule has 0 spiro atoms. The smallest absolute Gasteiger partial charge is 0.0496 e. The summed E-state index contributed by atoms with van der Waals surface area (Å²) < 4.78 is 3.72. The lowest BCUT2D eigenvalue weighted by Crippen LogP contribution is -2.05. The Balaban J connectivity index is 2.12. The van der Waals surface area contributed by atoms with E-state index in [1.165, 1.54) is 33.9 Å². The molecule has 1 aliphatic carbocycles. The zero-order chi connectivity index (χ0) is 11.8. The van der Waals surface area contributed by atoms with Crippen LogP contribution in [-0.4, -0.2) is 11.1 Å². The summed E-state index contributed by atoms with van der Waals surface area (Å²) in [4.78, 5) is 0. The van der Waals surface area contributed by atoms with E-state index in [4.69, 9.17) is 5.73 Å². The molecule has 0 saturated heterocycles. The molecule has 2 aromatic rings. The molecule has 1 saturated carbocycles. The normalized spacial score (nSPS) is 15.6. The van der Waals surface area contributed by atoms with Gasteiger partial charge in [0, 0.05) is 27.1 Å². The summed E-state index contributed by atoms with van der Waals surface area (Å²) in [5.41, 5.74) is 8.44. The van der Waals surface area contributed by atoms with Crippen LogP contribution in [0.5, 0.6) is 0 Å². The molecule has 1 aromatic heterocycles. The molecule has 0 amide bonds. The molecule has 3 rings (SSSR count). The molecule has 17 heavy (non-hydrogen) atoms. The number of halogens is 1. The zero-order valence-corrected chi connectivity index (χ0v) is 11.4. The molecule has 2 nitrogen and oxygen atoms in total. The van der Waals surface area contributed by atoms with Crippen molar-refractivity contribution in [2.45, 2.75) is 31.7 Å². The fourth-order valence-electron chi connectivity index (χ4n) is 2.51. The number of aromatic nitrogens is 1. The Bertz CT molecular complexity index is 540. The summed E-state index contributed by atoms with van der Waals surface area (Å²) in [7, 11) is 0. The Morgan fingerprint density at radius 1 is 1.35 bits per heavy atom. The molecule has 2 N–H and O–H groups in total. The maximum Gasteiger partial charge on any atom is 0.0496 e. The van der Waals surface area contributed by atoms with E-state index in [1.807, 2.05) is 0 Å². The summed E-state index contributed by atoms with van der Waals surface area (Å²) in [6.07, 6.45) is 4.81. The van der Waals surface area contributed by atoms with Gasteiger partial charge in [-0.25, -0.2) is 0 Å². The number of aryl methyl sites for hydroxylation is 1. The van der Waals surface area contributed by atoms with Crippen LogP contribution in [-0.2, 0) is 6.42 Å². The van der Waals surface area contributed by atoms with Gasteiger partial charge in [0.1, 0.15) is 0 Å². The van der Waals surface area contributed by atoms with Crippen LogP contribution in [0.1, 0.15) is 31.0 Å². The Labute approximate surface area is 110 Å². The first-order valence-electron chi connectivity index (χ1n) is 6.29. The van der Waals surface area contributed by atoms with Crippen LogP contribution in [0.3, 0.4) is 0 Å². The molecule has 0 bridgehead atoms. The number of nitrogens with two attached hydrogens (primary N) is 1. The standard InChI is InChI=1S/C14H17BrN2/c15-13-4-1-5-14-12(13)9-11(3-2-8-16)17(14)10-6-7-10/h1,4-5,9-10H,2-3,6-8,16H2. The van der Waals surface area contributed by atoms with Crippen molar-refractivity contribution in [3.05, 3.63) is 34.4 Å². The van der Waals surface area contributed by atoms with Gasteiger partial charge in [0.2, 0.25) is 0 Å². The first-order valence-corrected chi connectivity index (χ1v) is 7.09. The second kappa shape index (κ2) is 4.46. The van der Waals surface area contributed by atoms with Gasteiger partial charge in [-0.3, -0.25) is 0 Å². The van der Waals surface area contributed by atoms with Crippen molar-refractivity contribution in [2.75, 3.05) is 6.54 Å². The summed E-state index contributed by atoms with van der Waals surface area (Å²) in [6, 6.07) is 9.52. The van der Waals surface area contributed by atoms with E-state index in [2.05, 4.69) is 44.8 Å².